The lowest BCUT2D eigenvalue weighted by atomic mass is 9.79. The number of fused-ring (bicyclic) bond motifs is 1. The summed E-state index contributed by atoms with van der Waals surface area (Å²) < 4.78 is 14.0. The first-order valence-corrected chi connectivity index (χ1v) is 6.70. The fourth-order valence-electron chi connectivity index (χ4n) is 3.31. The van der Waals surface area contributed by atoms with Crippen LogP contribution in [-0.2, 0) is 6.54 Å². The second-order valence-electron chi connectivity index (χ2n) is 5.87. The molecular weight excluding hydrogens is 227 g/mol. The summed E-state index contributed by atoms with van der Waals surface area (Å²) in [4.78, 5) is 2.30. The molecule has 1 aromatic rings. The smallest absolute Gasteiger partial charge is 0.129 e. The third-order valence-corrected chi connectivity index (χ3v) is 4.09. The Morgan fingerprint density at radius 1 is 1.44 bits per heavy atom. The molecular formula is C15H23FN2. The molecule has 2 nitrogen and oxygen atoms in total. The molecule has 100 valence electrons. The Hall–Kier alpha value is -1.09. The van der Waals surface area contributed by atoms with Gasteiger partial charge in [0.2, 0.25) is 0 Å². The van der Waals surface area contributed by atoms with Crippen LogP contribution in [0.2, 0.25) is 0 Å². The van der Waals surface area contributed by atoms with E-state index in [-0.39, 0.29) is 17.9 Å². The predicted octanol–water partition coefficient (Wildman–Crippen LogP) is 3.40. The van der Waals surface area contributed by atoms with Gasteiger partial charge in [0.15, 0.2) is 0 Å². The minimum Gasteiger partial charge on any atom is -0.366 e. The Morgan fingerprint density at radius 2 is 2.11 bits per heavy atom. The Balaban J connectivity index is 2.59. The maximum Gasteiger partial charge on any atom is 0.129 e. The first kappa shape index (κ1) is 13.3. The maximum atomic E-state index is 14.0. The fourth-order valence-corrected chi connectivity index (χ4v) is 3.31. The van der Waals surface area contributed by atoms with Crippen molar-refractivity contribution in [2.24, 2.45) is 5.73 Å². The molecule has 18 heavy (non-hydrogen) atoms. The molecule has 0 fully saturated rings. The molecule has 0 aromatic heterocycles. The van der Waals surface area contributed by atoms with Crippen LogP contribution in [0.25, 0.3) is 0 Å². The molecule has 3 heteroatoms. The second kappa shape index (κ2) is 4.54. The summed E-state index contributed by atoms with van der Waals surface area (Å²) in [5, 5.41) is 0. The van der Waals surface area contributed by atoms with Gasteiger partial charge in [-0.1, -0.05) is 6.92 Å². The van der Waals surface area contributed by atoms with Crippen molar-refractivity contribution in [3.63, 3.8) is 0 Å². The zero-order valence-electron chi connectivity index (χ0n) is 11.8. The molecule has 1 unspecified atom stereocenters. The average Bonchev–Trinajstić information content (AvgIpc) is 2.27. The summed E-state index contributed by atoms with van der Waals surface area (Å²) >= 11 is 0. The summed E-state index contributed by atoms with van der Waals surface area (Å²) in [7, 11) is 0. The van der Waals surface area contributed by atoms with Gasteiger partial charge in [0.05, 0.1) is 0 Å². The minimum absolute atomic E-state index is 0.0812. The van der Waals surface area contributed by atoms with E-state index in [2.05, 4.69) is 32.6 Å². The summed E-state index contributed by atoms with van der Waals surface area (Å²) in [5.74, 6) is 0.267. The highest BCUT2D eigenvalue weighted by Crippen LogP contribution is 2.43. The van der Waals surface area contributed by atoms with E-state index in [9.17, 15) is 4.39 Å². The standard InChI is InChI=1S/C15H23FN2/c1-5-18-14-7-13(16)11(9-17)6-12(14)10(2)8-15(18,3)4/h6-7,10H,5,8-9,17H2,1-4H3. The van der Waals surface area contributed by atoms with E-state index < -0.39 is 0 Å². The van der Waals surface area contributed by atoms with Gasteiger partial charge in [-0.05, 0) is 50.8 Å². The zero-order chi connectivity index (χ0) is 13.5. The van der Waals surface area contributed by atoms with Crippen LogP contribution in [0.1, 0.15) is 51.2 Å². The van der Waals surface area contributed by atoms with Crippen molar-refractivity contribution < 1.29 is 4.39 Å². The highest BCUT2D eigenvalue weighted by atomic mass is 19.1. The molecule has 0 spiro atoms. The molecule has 1 aliphatic heterocycles. The maximum absolute atomic E-state index is 14.0. The molecule has 1 aromatic carbocycles. The molecule has 1 heterocycles. The van der Waals surface area contributed by atoms with Crippen molar-refractivity contribution in [3.05, 3.63) is 29.1 Å². The number of benzene rings is 1. The Labute approximate surface area is 109 Å². The van der Waals surface area contributed by atoms with Crippen molar-refractivity contribution in [3.8, 4) is 0 Å². The topological polar surface area (TPSA) is 29.3 Å². The van der Waals surface area contributed by atoms with Gasteiger partial charge in [-0.25, -0.2) is 4.39 Å². The number of nitrogens with zero attached hydrogens (tertiary/aromatic N) is 1. The van der Waals surface area contributed by atoms with Crippen LogP contribution in [0.15, 0.2) is 12.1 Å². The lowest BCUT2D eigenvalue weighted by Crippen LogP contribution is -2.48. The monoisotopic (exact) mass is 250 g/mol. The first-order chi connectivity index (χ1) is 8.40. The van der Waals surface area contributed by atoms with Gasteiger partial charge in [-0.3, -0.25) is 0 Å². The van der Waals surface area contributed by atoms with E-state index in [1.165, 1.54) is 5.56 Å². The summed E-state index contributed by atoms with van der Waals surface area (Å²) in [6, 6.07) is 3.62. The van der Waals surface area contributed by atoms with Gasteiger partial charge in [0.1, 0.15) is 5.82 Å². The molecule has 0 aliphatic carbocycles. The number of hydrogen-bond donors (Lipinski definition) is 1. The molecule has 0 bridgehead atoms. The van der Waals surface area contributed by atoms with E-state index in [1.807, 2.05) is 6.07 Å². The average molecular weight is 250 g/mol. The molecule has 2 rings (SSSR count). The third-order valence-electron chi connectivity index (χ3n) is 4.09. The van der Waals surface area contributed by atoms with E-state index in [4.69, 9.17) is 5.73 Å². The van der Waals surface area contributed by atoms with Crippen LogP contribution in [0.3, 0.4) is 0 Å². The normalized spacial score (nSPS) is 21.9. The lowest BCUT2D eigenvalue weighted by Gasteiger charge is -2.47. The van der Waals surface area contributed by atoms with Gasteiger partial charge in [-0.15, -0.1) is 0 Å². The van der Waals surface area contributed by atoms with E-state index in [0.717, 1.165) is 18.7 Å². The highest BCUT2D eigenvalue weighted by molar-refractivity contribution is 5.61. The SMILES string of the molecule is CCN1c2cc(F)c(CN)cc2C(C)CC1(C)C. The predicted molar refractivity (Wildman–Crippen MR) is 74.4 cm³/mol. The van der Waals surface area contributed by atoms with E-state index in [1.54, 1.807) is 6.07 Å². The van der Waals surface area contributed by atoms with Crippen molar-refractivity contribution in [1.29, 1.82) is 0 Å². The molecule has 1 aliphatic rings. The van der Waals surface area contributed by atoms with Crippen molar-refractivity contribution in [1.82, 2.24) is 0 Å². The molecule has 0 radical (unpaired) electrons. The van der Waals surface area contributed by atoms with Gasteiger partial charge in [0.25, 0.3) is 0 Å². The summed E-state index contributed by atoms with van der Waals surface area (Å²) in [5.41, 5.74) is 8.57. The quantitative estimate of drug-likeness (QED) is 0.871. The Kier molecular flexibility index (Phi) is 3.37. The first-order valence-electron chi connectivity index (χ1n) is 6.70. The Bertz CT molecular complexity index is 454. The summed E-state index contributed by atoms with van der Waals surface area (Å²) in [6.45, 7) is 9.95. The van der Waals surface area contributed by atoms with Crippen LogP contribution in [-0.4, -0.2) is 12.1 Å². The van der Waals surface area contributed by atoms with Gasteiger partial charge < -0.3 is 10.6 Å². The minimum atomic E-state index is -0.181. The van der Waals surface area contributed by atoms with Crippen LogP contribution < -0.4 is 10.6 Å². The van der Waals surface area contributed by atoms with Crippen molar-refractivity contribution >= 4 is 5.69 Å². The number of rotatable bonds is 2. The van der Waals surface area contributed by atoms with E-state index in [0.29, 0.717) is 11.5 Å². The van der Waals surface area contributed by atoms with E-state index >= 15 is 0 Å². The third kappa shape index (κ3) is 2.01. The largest absolute Gasteiger partial charge is 0.366 e. The number of hydrogen-bond acceptors (Lipinski definition) is 2. The van der Waals surface area contributed by atoms with Crippen LogP contribution in [0.4, 0.5) is 10.1 Å². The van der Waals surface area contributed by atoms with Crippen molar-refractivity contribution in [2.45, 2.75) is 52.1 Å². The van der Waals surface area contributed by atoms with Gasteiger partial charge >= 0.3 is 0 Å². The molecule has 0 amide bonds. The van der Waals surface area contributed by atoms with Crippen LogP contribution >= 0.6 is 0 Å². The van der Waals surface area contributed by atoms with Crippen molar-refractivity contribution in [2.75, 3.05) is 11.4 Å². The molecule has 1 atom stereocenters. The molecule has 0 saturated carbocycles. The highest BCUT2D eigenvalue weighted by Gasteiger charge is 2.35. The number of halogens is 1. The number of nitrogens with two attached hydrogens (primary N) is 1. The summed E-state index contributed by atoms with van der Waals surface area (Å²) in [6.07, 6.45) is 1.09. The fraction of sp³-hybridized carbons (Fsp3) is 0.600. The van der Waals surface area contributed by atoms with Gasteiger partial charge in [-0.2, -0.15) is 0 Å². The van der Waals surface area contributed by atoms with Crippen LogP contribution in [0.5, 0.6) is 0 Å². The zero-order valence-corrected chi connectivity index (χ0v) is 11.8. The Morgan fingerprint density at radius 3 is 2.67 bits per heavy atom. The van der Waals surface area contributed by atoms with Crippen LogP contribution in [0, 0.1) is 5.82 Å². The molecule has 0 saturated heterocycles. The van der Waals surface area contributed by atoms with Gasteiger partial charge in [0, 0.05) is 29.9 Å². The molecule has 2 N–H and O–H groups in total. The second-order valence-corrected chi connectivity index (χ2v) is 5.87. The number of anilines is 1. The lowest BCUT2D eigenvalue weighted by molar-refractivity contribution is 0.380.